The Morgan fingerprint density at radius 1 is 0.870 bits per heavy atom. The molecule has 1 aromatic heterocycles. The molecule has 0 aliphatic rings. The largest absolute Gasteiger partial charge is 0.451 e. The third kappa shape index (κ3) is 2.27. The van der Waals surface area contributed by atoms with E-state index in [1.165, 1.54) is 0 Å². The fourth-order valence-corrected chi connectivity index (χ4v) is 2.83. The van der Waals surface area contributed by atoms with Gasteiger partial charge in [0, 0.05) is 18.1 Å². The number of fused-ring (bicyclic) bond motifs is 3. The van der Waals surface area contributed by atoms with Crippen molar-refractivity contribution in [3.8, 4) is 0 Å². The second-order valence-electron chi connectivity index (χ2n) is 5.51. The van der Waals surface area contributed by atoms with E-state index >= 15 is 0 Å². The van der Waals surface area contributed by atoms with Crippen LogP contribution in [0.5, 0.6) is 0 Å². The Labute approximate surface area is 133 Å². The third-order valence-electron chi connectivity index (χ3n) is 4.08. The van der Waals surface area contributed by atoms with Crippen molar-refractivity contribution in [2.24, 2.45) is 0 Å². The topological polar surface area (TPSA) is 33.5 Å². The first-order valence-corrected chi connectivity index (χ1v) is 7.48. The summed E-state index contributed by atoms with van der Waals surface area (Å²) in [7, 11) is 1.75. The van der Waals surface area contributed by atoms with E-state index < -0.39 is 0 Å². The van der Waals surface area contributed by atoms with Gasteiger partial charge in [0.25, 0.3) is 5.91 Å². The maximum absolute atomic E-state index is 12.7. The number of carbonyl (C=O) groups excluding carboxylic acids is 1. The van der Waals surface area contributed by atoms with E-state index in [1.54, 1.807) is 11.9 Å². The summed E-state index contributed by atoms with van der Waals surface area (Å²) in [6.45, 7) is 0. The molecular formula is C20H15NO2. The first-order valence-electron chi connectivity index (χ1n) is 7.48. The van der Waals surface area contributed by atoms with Crippen molar-refractivity contribution in [2.45, 2.75) is 0 Å². The van der Waals surface area contributed by atoms with Gasteiger partial charge in [-0.1, -0.05) is 48.5 Å². The van der Waals surface area contributed by atoms with E-state index in [1.807, 2.05) is 66.7 Å². The highest BCUT2D eigenvalue weighted by molar-refractivity contribution is 6.11. The maximum atomic E-state index is 12.7. The SMILES string of the molecule is CN(C(=O)c1cc2c(ccc3ccccc32)o1)c1ccccc1. The summed E-state index contributed by atoms with van der Waals surface area (Å²) in [5.41, 5.74) is 1.57. The van der Waals surface area contributed by atoms with E-state index in [0.29, 0.717) is 5.76 Å². The Hall–Kier alpha value is -3.07. The number of rotatable bonds is 2. The lowest BCUT2D eigenvalue weighted by molar-refractivity contribution is 0.0968. The molecule has 1 amide bonds. The minimum absolute atomic E-state index is 0.156. The molecule has 0 unspecified atom stereocenters. The van der Waals surface area contributed by atoms with Crippen LogP contribution in [-0.2, 0) is 0 Å². The summed E-state index contributed by atoms with van der Waals surface area (Å²) in [5, 5.41) is 3.19. The average molecular weight is 301 g/mol. The van der Waals surface area contributed by atoms with Gasteiger partial charge in [-0.15, -0.1) is 0 Å². The van der Waals surface area contributed by atoms with Gasteiger partial charge in [-0.25, -0.2) is 0 Å². The van der Waals surface area contributed by atoms with Gasteiger partial charge in [0.1, 0.15) is 5.58 Å². The number of hydrogen-bond donors (Lipinski definition) is 0. The summed E-state index contributed by atoms with van der Waals surface area (Å²) in [6, 6.07) is 23.4. The highest BCUT2D eigenvalue weighted by Gasteiger charge is 2.18. The van der Waals surface area contributed by atoms with Crippen molar-refractivity contribution in [3.63, 3.8) is 0 Å². The molecule has 4 aromatic rings. The zero-order chi connectivity index (χ0) is 15.8. The van der Waals surface area contributed by atoms with Crippen molar-refractivity contribution in [1.29, 1.82) is 0 Å². The van der Waals surface area contributed by atoms with E-state index in [4.69, 9.17) is 4.42 Å². The molecule has 0 fully saturated rings. The number of para-hydroxylation sites is 1. The first-order chi connectivity index (χ1) is 11.2. The molecule has 3 nitrogen and oxygen atoms in total. The summed E-state index contributed by atoms with van der Waals surface area (Å²) >= 11 is 0. The highest BCUT2D eigenvalue weighted by Crippen LogP contribution is 2.29. The molecule has 4 rings (SSSR count). The Morgan fingerprint density at radius 2 is 1.61 bits per heavy atom. The molecule has 0 N–H and O–H groups in total. The first kappa shape index (κ1) is 13.6. The van der Waals surface area contributed by atoms with Crippen LogP contribution in [0.25, 0.3) is 21.7 Å². The maximum Gasteiger partial charge on any atom is 0.293 e. The Balaban J connectivity index is 1.80. The van der Waals surface area contributed by atoms with E-state index in [9.17, 15) is 4.79 Å². The Kier molecular flexibility index (Phi) is 3.12. The number of carbonyl (C=O) groups is 1. The van der Waals surface area contributed by atoms with Crippen LogP contribution in [0.1, 0.15) is 10.6 Å². The second kappa shape index (κ2) is 5.29. The average Bonchev–Trinajstić information content (AvgIpc) is 3.06. The van der Waals surface area contributed by atoms with Gasteiger partial charge < -0.3 is 9.32 Å². The van der Waals surface area contributed by atoms with Gasteiger partial charge in [-0.3, -0.25) is 4.79 Å². The van der Waals surface area contributed by atoms with Crippen LogP contribution in [0.3, 0.4) is 0 Å². The number of hydrogen-bond acceptors (Lipinski definition) is 2. The van der Waals surface area contributed by atoms with Gasteiger partial charge in [0.15, 0.2) is 5.76 Å². The lowest BCUT2D eigenvalue weighted by atomic mass is 10.1. The standard InChI is InChI=1S/C20H15NO2/c1-21(15-8-3-2-4-9-15)20(22)19-13-17-16-10-6-5-7-14(16)11-12-18(17)23-19/h2-13H,1H3. The van der Waals surface area contributed by atoms with Crippen LogP contribution in [0.15, 0.2) is 77.2 Å². The van der Waals surface area contributed by atoms with E-state index in [0.717, 1.165) is 27.4 Å². The van der Waals surface area contributed by atoms with E-state index in [2.05, 4.69) is 6.07 Å². The van der Waals surface area contributed by atoms with Crippen molar-refractivity contribution in [3.05, 3.63) is 78.6 Å². The molecule has 0 saturated carbocycles. The van der Waals surface area contributed by atoms with Gasteiger partial charge in [-0.2, -0.15) is 0 Å². The quantitative estimate of drug-likeness (QED) is 0.529. The van der Waals surface area contributed by atoms with Crippen molar-refractivity contribution in [2.75, 3.05) is 11.9 Å². The van der Waals surface area contributed by atoms with Crippen LogP contribution in [-0.4, -0.2) is 13.0 Å². The normalized spacial score (nSPS) is 11.0. The molecule has 112 valence electrons. The lowest BCUT2D eigenvalue weighted by Crippen LogP contribution is -2.25. The molecule has 0 bridgehead atoms. The van der Waals surface area contributed by atoms with E-state index in [-0.39, 0.29) is 5.91 Å². The molecule has 0 aliphatic heterocycles. The molecule has 0 radical (unpaired) electrons. The van der Waals surface area contributed by atoms with Crippen molar-refractivity contribution in [1.82, 2.24) is 0 Å². The fourth-order valence-electron chi connectivity index (χ4n) is 2.83. The predicted molar refractivity (Wildman–Crippen MR) is 92.9 cm³/mol. The Bertz CT molecular complexity index is 1000. The molecule has 23 heavy (non-hydrogen) atoms. The van der Waals surface area contributed by atoms with Gasteiger partial charge in [-0.05, 0) is 35.0 Å². The minimum Gasteiger partial charge on any atom is -0.451 e. The molecule has 0 atom stereocenters. The van der Waals surface area contributed by atoms with Gasteiger partial charge in [0.05, 0.1) is 0 Å². The van der Waals surface area contributed by atoms with Crippen LogP contribution >= 0.6 is 0 Å². The number of nitrogens with zero attached hydrogens (tertiary/aromatic N) is 1. The summed E-state index contributed by atoms with van der Waals surface area (Å²) in [5.74, 6) is 0.194. The van der Waals surface area contributed by atoms with Gasteiger partial charge >= 0.3 is 0 Å². The fraction of sp³-hybridized carbons (Fsp3) is 0.0500. The number of furan rings is 1. The number of amides is 1. The predicted octanol–water partition coefficient (Wildman–Crippen LogP) is 4.86. The van der Waals surface area contributed by atoms with Crippen LogP contribution in [0.4, 0.5) is 5.69 Å². The molecule has 3 aromatic carbocycles. The van der Waals surface area contributed by atoms with Crippen LogP contribution in [0, 0.1) is 0 Å². The summed E-state index contributed by atoms with van der Waals surface area (Å²) < 4.78 is 5.79. The summed E-state index contributed by atoms with van der Waals surface area (Å²) in [6.07, 6.45) is 0. The van der Waals surface area contributed by atoms with Crippen LogP contribution < -0.4 is 4.90 Å². The van der Waals surface area contributed by atoms with Crippen LogP contribution in [0.2, 0.25) is 0 Å². The van der Waals surface area contributed by atoms with Crippen molar-refractivity contribution >= 4 is 33.3 Å². The molecular weight excluding hydrogens is 286 g/mol. The number of anilines is 1. The minimum atomic E-state index is -0.156. The zero-order valence-electron chi connectivity index (χ0n) is 12.7. The lowest BCUT2D eigenvalue weighted by Gasteiger charge is -2.15. The summed E-state index contributed by atoms with van der Waals surface area (Å²) in [4.78, 5) is 14.3. The smallest absolute Gasteiger partial charge is 0.293 e. The van der Waals surface area contributed by atoms with Crippen molar-refractivity contribution < 1.29 is 9.21 Å². The van der Waals surface area contributed by atoms with Gasteiger partial charge in [0.2, 0.25) is 0 Å². The zero-order valence-corrected chi connectivity index (χ0v) is 12.7. The molecule has 3 heteroatoms. The highest BCUT2D eigenvalue weighted by atomic mass is 16.3. The third-order valence-corrected chi connectivity index (χ3v) is 4.08. The number of benzene rings is 3. The molecule has 0 saturated heterocycles. The monoisotopic (exact) mass is 301 g/mol. The Morgan fingerprint density at radius 3 is 2.43 bits per heavy atom. The second-order valence-corrected chi connectivity index (χ2v) is 5.51. The molecule has 1 heterocycles. The molecule has 0 aliphatic carbocycles. The molecule has 0 spiro atoms.